The average Bonchev–Trinajstić information content (AvgIpc) is 3.06. The second-order valence-electron chi connectivity index (χ2n) is 6.58. The lowest BCUT2D eigenvalue weighted by Crippen LogP contribution is -2.41. The fraction of sp³-hybridized carbons (Fsp3) is 0.611. The van der Waals surface area contributed by atoms with Crippen molar-refractivity contribution in [3.05, 3.63) is 22.7 Å². The molecule has 1 amide bonds. The van der Waals surface area contributed by atoms with Crippen molar-refractivity contribution in [3.8, 4) is 11.5 Å². The SMILES string of the molecule is O=C(c1cc(Cl)c2c(c1)OCCCO2)N1CCC(C2OCCO2)CC1. The zero-order valence-corrected chi connectivity index (χ0v) is 14.8. The molecule has 1 aromatic rings. The van der Waals surface area contributed by atoms with Gasteiger partial charge in [0.2, 0.25) is 0 Å². The first-order valence-electron chi connectivity index (χ1n) is 8.84. The van der Waals surface area contributed by atoms with Gasteiger partial charge >= 0.3 is 0 Å². The smallest absolute Gasteiger partial charge is 0.254 e. The molecule has 0 saturated carbocycles. The lowest BCUT2D eigenvalue weighted by Gasteiger charge is -2.34. The maximum atomic E-state index is 12.9. The molecule has 136 valence electrons. The van der Waals surface area contributed by atoms with Gasteiger partial charge in [0.05, 0.1) is 31.5 Å². The molecule has 0 radical (unpaired) electrons. The van der Waals surface area contributed by atoms with Crippen LogP contribution in [-0.4, -0.2) is 56.6 Å². The van der Waals surface area contributed by atoms with E-state index in [4.69, 9.17) is 30.5 Å². The summed E-state index contributed by atoms with van der Waals surface area (Å²) in [5, 5.41) is 0.422. The Hall–Kier alpha value is -1.50. The molecule has 0 aromatic heterocycles. The number of nitrogens with zero attached hydrogens (tertiary/aromatic N) is 1. The molecule has 4 rings (SSSR count). The Morgan fingerprint density at radius 3 is 2.52 bits per heavy atom. The molecule has 0 spiro atoms. The van der Waals surface area contributed by atoms with Crippen LogP contribution in [0.2, 0.25) is 5.02 Å². The largest absolute Gasteiger partial charge is 0.489 e. The van der Waals surface area contributed by atoms with Crippen LogP contribution < -0.4 is 9.47 Å². The topological polar surface area (TPSA) is 57.2 Å². The Bertz CT molecular complexity index is 639. The summed E-state index contributed by atoms with van der Waals surface area (Å²) in [5.41, 5.74) is 0.543. The Labute approximate surface area is 151 Å². The summed E-state index contributed by atoms with van der Waals surface area (Å²) < 4.78 is 22.5. The molecule has 6 nitrogen and oxygen atoms in total. The number of rotatable bonds is 2. The van der Waals surface area contributed by atoms with Crippen LogP contribution in [0.3, 0.4) is 0 Å². The maximum absolute atomic E-state index is 12.9. The Morgan fingerprint density at radius 1 is 1.04 bits per heavy atom. The Morgan fingerprint density at radius 2 is 1.76 bits per heavy atom. The lowest BCUT2D eigenvalue weighted by atomic mass is 9.95. The molecular formula is C18H22ClNO5. The van der Waals surface area contributed by atoms with Crippen LogP contribution in [0, 0.1) is 5.92 Å². The van der Waals surface area contributed by atoms with Crippen molar-refractivity contribution in [2.75, 3.05) is 39.5 Å². The predicted molar refractivity (Wildman–Crippen MR) is 91.4 cm³/mol. The van der Waals surface area contributed by atoms with Gasteiger partial charge in [-0.2, -0.15) is 0 Å². The van der Waals surface area contributed by atoms with Crippen LogP contribution in [0.4, 0.5) is 0 Å². The summed E-state index contributed by atoms with van der Waals surface area (Å²) in [6.45, 7) is 3.85. The quantitative estimate of drug-likeness (QED) is 0.804. The van der Waals surface area contributed by atoms with E-state index in [0.29, 0.717) is 67.5 Å². The first kappa shape index (κ1) is 16.9. The fourth-order valence-corrected chi connectivity index (χ4v) is 3.83. The zero-order chi connectivity index (χ0) is 17.2. The van der Waals surface area contributed by atoms with E-state index < -0.39 is 0 Å². The van der Waals surface area contributed by atoms with Crippen molar-refractivity contribution in [2.45, 2.75) is 25.6 Å². The summed E-state index contributed by atoms with van der Waals surface area (Å²) in [6.07, 6.45) is 2.46. The van der Waals surface area contributed by atoms with Crippen molar-refractivity contribution < 1.29 is 23.7 Å². The molecule has 25 heavy (non-hydrogen) atoms. The van der Waals surface area contributed by atoms with E-state index in [-0.39, 0.29) is 12.2 Å². The van der Waals surface area contributed by atoms with Gasteiger partial charge < -0.3 is 23.8 Å². The van der Waals surface area contributed by atoms with Crippen molar-refractivity contribution in [1.82, 2.24) is 4.90 Å². The van der Waals surface area contributed by atoms with Gasteiger partial charge in [-0.3, -0.25) is 4.79 Å². The van der Waals surface area contributed by atoms with E-state index in [1.54, 1.807) is 12.1 Å². The van der Waals surface area contributed by atoms with Gasteiger partial charge in [-0.15, -0.1) is 0 Å². The minimum absolute atomic E-state index is 0.0238. The Kier molecular flexibility index (Phi) is 5.01. The monoisotopic (exact) mass is 367 g/mol. The van der Waals surface area contributed by atoms with Gasteiger partial charge in [-0.05, 0) is 25.0 Å². The first-order valence-corrected chi connectivity index (χ1v) is 9.22. The number of likely N-dealkylation sites (tertiary alicyclic amines) is 1. The van der Waals surface area contributed by atoms with Crippen molar-refractivity contribution in [1.29, 1.82) is 0 Å². The molecule has 1 aromatic carbocycles. The number of hydrogen-bond donors (Lipinski definition) is 0. The third kappa shape index (κ3) is 3.57. The molecule has 0 atom stereocenters. The lowest BCUT2D eigenvalue weighted by molar-refractivity contribution is -0.0956. The van der Waals surface area contributed by atoms with Crippen LogP contribution >= 0.6 is 11.6 Å². The standard InChI is InChI=1S/C18H22ClNO5/c19-14-10-13(11-15-16(14)23-7-1-6-22-15)17(21)20-4-2-12(3-5-20)18-24-8-9-25-18/h10-12,18H,1-9H2. The molecule has 0 N–H and O–H groups in total. The second kappa shape index (κ2) is 7.40. The predicted octanol–water partition coefficient (Wildman–Crippen LogP) is 2.73. The molecule has 0 bridgehead atoms. The average molecular weight is 368 g/mol. The van der Waals surface area contributed by atoms with E-state index in [1.165, 1.54) is 0 Å². The van der Waals surface area contributed by atoms with Crippen LogP contribution in [0.1, 0.15) is 29.6 Å². The number of halogens is 1. The highest BCUT2D eigenvalue weighted by Gasteiger charge is 2.32. The van der Waals surface area contributed by atoms with Crippen molar-refractivity contribution in [3.63, 3.8) is 0 Å². The van der Waals surface area contributed by atoms with E-state index in [0.717, 1.165) is 19.3 Å². The summed E-state index contributed by atoms with van der Waals surface area (Å²) in [4.78, 5) is 14.7. The third-order valence-electron chi connectivity index (χ3n) is 4.91. The summed E-state index contributed by atoms with van der Waals surface area (Å²) in [7, 11) is 0. The highest BCUT2D eigenvalue weighted by molar-refractivity contribution is 6.32. The number of fused-ring (bicyclic) bond motifs is 1. The van der Waals surface area contributed by atoms with Crippen molar-refractivity contribution >= 4 is 17.5 Å². The molecule has 2 saturated heterocycles. The minimum Gasteiger partial charge on any atom is -0.489 e. The van der Waals surface area contributed by atoms with Crippen LogP contribution in [-0.2, 0) is 9.47 Å². The Balaban J connectivity index is 1.44. The number of piperidine rings is 1. The van der Waals surface area contributed by atoms with E-state index in [1.807, 2.05) is 4.90 Å². The summed E-state index contributed by atoms with van der Waals surface area (Å²) in [6, 6.07) is 3.41. The van der Waals surface area contributed by atoms with Gasteiger partial charge in [-0.25, -0.2) is 0 Å². The molecule has 2 fully saturated rings. The van der Waals surface area contributed by atoms with Crippen LogP contribution in [0.25, 0.3) is 0 Å². The van der Waals surface area contributed by atoms with Gasteiger partial charge in [0, 0.05) is 31.0 Å². The number of benzene rings is 1. The number of carbonyl (C=O) groups is 1. The number of carbonyl (C=O) groups excluding carboxylic acids is 1. The molecule has 7 heteroatoms. The normalized spacial score (nSPS) is 22.0. The van der Waals surface area contributed by atoms with Gasteiger partial charge in [-0.1, -0.05) is 11.6 Å². The number of ether oxygens (including phenoxy) is 4. The van der Waals surface area contributed by atoms with Gasteiger partial charge in [0.15, 0.2) is 17.8 Å². The van der Waals surface area contributed by atoms with E-state index in [2.05, 4.69) is 0 Å². The molecule has 3 aliphatic heterocycles. The van der Waals surface area contributed by atoms with E-state index in [9.17, 15) is 4.79 Å². The third-order valence-corrected chi connectivity index (χ3v) is 5.19. The molecule has 0 aliphatic carbocycles. The van der Waals surface area contributed by atoms with Crippen LogP contribution in [0.5, 0.6) is 11.5 Å². The molecule has 3 aliphatic rings. The zero-order valence-electron chi connectivity index (χ0n) is 14.0. The second-order valence-corrected chi connectivity index (χ2v) is 6.98. The summed E-state index contributed by atoms with van der Waals surface area (Å²) >= 11 is 6.30. The molecule has 3 heterocycles. The molecular weight excluding hydrogens is 346 g/mol. The number of amides is 1. The van der Waals surface area contributed by atoms with Gasteiger partial charge in [0.1, 0.15) is 0 Å². The summed E-state index contributed by atoms with van der Waals surface area (Å²) in [5.74, 6) is 1.42. The van der Waals surface area contributed by atoms with Crippen LogP contribution in [0.15, 0.2) is 12.1 Å². The highest BCUT2D eigenvalue weighted by atomic mass is 35.5. The first-order chi connectivity index (χ1) is 12.2. The van der Waals surface area contributed by atoms with Crippen molar-refractivity contribution in [2.24, 2.45) is 5.92 Å². The van der Waals surface area contributed by atoms with E-state index >= 15 is 0 Å². The minimum atomic E-state index is -0.107. The van der Waals surface area contributed by atoms with Gasteiger partial charge in [0.25, 0.3) is 5.91 Å². The highest BCUT2D eigenvalue weighted by Crippen LogP contribution is 2.38. The molecule has 0 unspecified atom stereocenters. The number of hydrogen-bond acceptors (Lipinski definition) is 5. The maximum Gasteiger partial charge on any atom is 0.254 e. The fourth-order valence-electron chi connectivity index (χ4n) is 3.56.